The first kappa shape index (κ1) is 24.3. The van der Waals surface area contributed by atoms with Crippen LogP contribution in [0.2, 0.25) is 0 Å². The molecule has 0 bridgehead atoms. The summed E-state index contributed by atoms with van der Waals surface area (Å²) in [6, 6.07) is 10.5. The molecule has 1 atom stereocenters. The number of aryl methyl sites for hydroxylation is 1. The number of Topliss-reactive ketones (excluding diaryl/α,β-unsaturated/α-hetero) is 1. The van der Waals surface area contributed by atoms with E-state index in [-0.39, 0.29) is 26.9 Å². The maximum atomic E-state index is 13.4. The van der Waals surface area contributed by atoms with Gasteiger partial charge in [0.25, 0.3) is 5.78 Å². The van der Waals surface area contributed by atoms with Crippen molar-refractivity contribution >= 4 is 39.9 Å². The minimum Gasteiger partial charge on any atom is -0.507 e. The van der Waals surface area contributed by atoms with E-state index in [1.165, 1.54) is 19.1 Å². The van der Waals surface area contributed by atoms with Crippen LogP contribution in [-0.2, 0) is 14.3 Å². The average molecular weight is 523 g/mol. The number of methoxy groups -OCH3 is 2. The molecule has 1 amide bonds. The third kappa shape index (κ3) is 4.16. The minimum atomic E-state index is -1.02. The number of hydrogen-bond acceptors (Lipinski definition) is 10. The summed E-state index contributed by atoms with van der Waals surface area (Å²) in [5.41, 5.74) is 1.05. The number of aliphatic hydroxyl groups is 1. The minimum absolute atomic E-state index is 0.126. The predicted octanol–water partition coefficient (Wildman–Crippen LogP) is 3.64. The fraction of sp³-hybridized carbons (Fsp3) is 0.231. The molecular formula is C26H22N2O8S. The normalized spacial score (nSPS) is 18.1. The first-order valence-corrected chi connectivity index (χ1v) is 12.1. The maximum Gasteiger partial charge on any atom is 0.350 e. The van der Waals surface area contributed by atoms with Gasteiger partial charge in [0.05, 0.1) is 31.5 Å². The van der Waals surface area contributed by atoms with Crippen molar-refractivity contribution in [3.8, 4) is 17.2 Å². The number of carbonyl (C=O) groups excluding carboxylic acids is 3. The van der Waals surface area contributed by atoms with E-state index in [9.17, 15) is 19.5 Å². The van der Waals surface area contributed by atoms with Crippen molar-refractivity contribution in [2.75, 3.05) is 32.3 Å². The topological polar surface area (TPSA) is 124 Å². The van der Waals surface area contributed by atoms with Crippen molar-refractivity contribution in [1.29, 1.82) is 0 Å². The van der Waals surface area contributed by atoms with Crippen LogP contribution >= 0.6 is 11.3 Å². The summed E-state index contributed by atoms with van der Waals surface area (Å²) >= 11 is 0.931. The molecule has 1 aromatic heterocycles. The quantitative estimate of drug-likeness (QED) is 0.231. The highest BCUT2D eigenvalue weighted by atomic mass is 32.1. The van der Waals surface area contributed by atoms with Crippen molar-refractivity contribution in [3.05, 3.63) is 69.7 Å². The van der Waals surface area contributed by atoms with E-state index >= 15 is 0 Å². The fourth-order valence-electron chi connectivity index (χ4n) is 4.24. The van der Waals surface area contributed by atoms with Gasteiger partial charge in [0.1, 0.15) is 29.6 Å². The molecule has 0 saturated carbocycles. The summed E-state index contributed by atoms with van der Waals surface area (Å²) in [5, 5.41) is 11.5. The SMILES string of the molecule is COC(=O)c1sc(N2C(=O)C(=O)/C(=C(/O)c3ccc4c(c3)OCCO4)C2c2ccc(OC)cc2)nc1C. The molecule has 3 heterocycles. The number of thiazole rings is 1. The Morgan fingerprint density at radius 3 is 2.46 bits per heavy atom. The molecule has 2 aliphatic rings. The second-order valence-electron chi connectivity index (χ2n) is 8.20. The summed E-state index contributed by atoms with van der Waals surface area (Å²) in [5.74, 6) is -1.24. The van der Waals surface area contributed by atoms with Crippen molar-refractivity contribution in [2.24, 2.45) is 0 Å². The van der Waals surface area contributed by atoms with Gasteiger partial charge in [0.2, 0.25) is 0 Å². The monoisotopic (exact) mass is 522 g/mol. The number of hydrogen-bond donors (Lipinski definition) is 1. The van der Waals surface area contributed by atoms with E-state index in [2.05, 4.69) is 4.98 Å². The first-order chi connectivity index (χ1) is 17.8. The number of aromatic nitrogens is 1. The molecule has 1 N–H and O–H groups in total. The Bertz CT molecular complexity index is 1440. The Hall–Kier alpha value is -4.38. The van der Waals surface area contributed by atoms with E-state index in [0.29, 0.717) is 41.7 Å². The number of benzene rings is 2. The highest BCUT2D eigenvalue weighted by molar-refractivity contribution is 7.17. The van der Waals surface area contributed by atoms with Gasteiger partial charge in [0, 0.05) is 5.56 Å². The van der Waals surface area contributed by atoms with Gasteiger partial charge < -0.3 is 24.1 Å². The number of amides is 1. The molecule has 1 fully saturated rings. The molecular weight excluding hydrogens is 500 g/mol. The lowest BCUT2D eigenvalue weighted by Crippen LogP contribution is -2.29. The molecule has 2 aromatic carbocycles. The lowest BCUT2D eigenvalue weighted by molar-refractivity contribution is -0.132. The maximum absolute atomic E-state index is 13.4. The van der Waals surface area contributed by atoms with Crippen molar-refractivity contribution < 1.29 is 38.4 Å². The number of fused-ring (bicyclic) bond motifs is 1. The van der Waals surface area contributed by atoms with Gasteiger partial charge in [-0.25, -0.2) is 9.78 Å². The smallest absolute Gasteiger partial charge is 0.350 e. The van der Waals surface area contributed by atoms with Crippen LogP contribution in [0.1, 0.15) is 32.5 Å². The second kappa shape index (κ2) is 9.58. The summed E-state index contributed by atoms with van der Waals surface area (Å²) in [6.07, 6.45) is 0. The van der Waals surface area contributed by atoms with E-state index in [1.807, 2.05) is 0 Å². The third-order valence-electron chi connectivity index (χ3n) is 6.05. The van der Waals surface area contributed by atoms with Crippen LogP contribution in [0.15, 0.2) is 48.0 Å². The van der Waals surface area contributed by atoms with Crippen LogP contribution in [0.3, 0.4) is 0 Å². The van der Waals surface area contributed by atoms with Gasteiger partial charge in [0.15, 0.2) is 16.6 Å². The van der Waals surface area contributed by atoms with Gasteiger partial charge in [-0.1, -0.05) is 23.5 Å². The van der Waals surface area contributed by atoms with Crippen molar-refractivity contribution in [1.82, 2.24) is 4.98 Å². The Balaban J connectivity index is 1.68. The Morgan fingerprint density at radius 2 is 1.78 bits per heavy atom. The molecule has 0 radical (unpaired) electrons. The molecule has 0 aliphatic carbocycles. The van der Waals surface area contributed by atoms with Crippen LogP contribution in [0, 0.1) is 6.92 Å². The summed E-state index contributed by atoms with van der Waals surface area (Å²) in [6.45, 7) is 2.36. The van der Waals surface area contributed by atoms with E-state index in [4.69, 9.17) is 18.9 Å². The number of rotatable bonds is 5. The second-order valence-corrected chi connectivity index (χ2v) is 9.18. The van der Waals surface area contributed by atoms with E-state index in [1.54, 1.807) is 49.4 Å². The number of nitrogens with zero attached hydrogens (tertiary/aromatic N) is 2. The predicted molar refractivity (Wildman–Crippen MR) is 133 cm³/mol. The molecule has 190 valence electrons. The fourth-order valence-corrected chi connectivity index (χ4v) is 5.26. The van der Waals surface area contributed by atoms with Crippen LogP contribution < -0.4 is 19.1 Å². The largest absolute Gasteiger partial charge is 0.507 e. The highest BCUT2D eigenvalue weighted by Crippen LogP contribution is 2.45. The molecule has 5 rings (SSSR count). The third-order valence-corrected chi connectivity index (χ3v) is 7.19. The van der Waals surface area contributed by atoms with Crippen LogP contribution in [0.4, 0.5) is 5.13 Å². The highest BCUT2D eigenvalue weighted by Gasteiger charge is 2.48. The van der Waals surface area contributed by atoms with Gasteiger partial charge in [-0.05, 0) is 42.8 Å². The molecule has 1 unspecified atom stereocenters. The zero-order chi connectivity index (χ0) is 26.3. The molecule has 11 heteroatoms. The Morgan fingerprint density at radius 1 is 1.08 bits per heavy atom. The number of esters is 1. The molecule has 37 heavy (non-hydrogen) atoms. The zero-order valence-corrected chi connectivity index (χ0v) is 21.0. The van der Waals surface area contributed by atoms with Gasteiger partial charge in [-0.2, -0.15) is 0 Å². The van der Waals surface area contributed by atoms with E-state index < -0.39 is 23.7 Å². The Labute approximate surface area is 215 Å². The molecule has 1 saturated heterocycles. The van der Waals surface area contributed by atoms with Crippen molar-refractivity contribution in [2.45, 2.75) is 13.0 Å². The summed E-state index contributed by atoms with van der Waals surface area (Å²) in [4.78, 5) is 44.7. The van der Waals surface area contributed by atoms with Gasteiger partial charge >= 0.3 is 11.9 Å². The van der Waals surface area contributed by atoms with Crippen LogP contribution in [0.25, 0.3) is 5.76 Å². The number of aliphatic hydroxyl groups excluding tert-OH is 1. The van der Waals surface area contributed by atoms with Crippen LogP contribution in [-0.4, -0.2) is 55.2 Å². The Kier molecular flexibility index (Phi) is 6.30. The first-order valence-electron chi connectivity index (χ1n) is 11.2. The van der Waals surface area contributed by atoms with Gasteiger partial charge in [-0.3, -0.25) is 14.5 Å². The number of ether oxygens (including phenoxy) is 4. The standard InChI is InChI=1S/C26H22N2O8S/c1-13-23(25(32)34-3)37-26(27-13)28-20(14-4-7-16(33-2)8-5-14)19(22(30)24(28)31)21(29)15-6-9-17-18(12-15)36-11-10-35-17/h4-9,12,20,29H,10-11H2,1-3H3/b21-19+. The average Bonchev–Trinajstić information content (AvgIpc) is 3.43. The number of anilines is 1. The lowest BCUT2D eigenvalue weighted by Gasteiger charge is -2.23. The van der Waals surface area contributed by atoms with Gasteiger partial charge in [-0.15, -0.1) is 0 Å². The molecule has 0 spiro atoms. The lowest BCUT2D eigenvalue weighted by atomic mass is 9.95. The van der Waals surface area contributed by atoms with E-state index in [0.717, 1.165) is 11.3 Å². The molecule has 3 aromatic rings. The molecule has 2 aliphatic heterocycles. The number of carbonyl (C=O) groups is 3. The van der Waals surface area contributed by atoms with Crippen LogP contribution in [0.5, 0.6) is 17.2 Å². The zero-order valence-electron chi connectivity index (χ0n) is 20.1. The summed E-state index contributed by atoms with van der Waals surface area (Å²) < 4.78 is 21.2. The van der Waals surface area contributed by atoms with Crippen molar-refractivity contribution in [3.63, 3.8) is 0 Å². The number of ketones is 1. The molecule has 10 nitrogen and oxygen atoms in total. The summed E-state index contributed by atoms with van der Waals surface area (Å²) in [7, 11) is 2.77.